The maximum atomic E-state index is 12.7. The molecule has 0 spiro atoms. The molecule has 7 nitrogen and oxygen atoms in total. The van der Waals surface area contributed by atoms with Gasteiger partial charge in [0, 0.05) is 42.3 Å². The number of nitrogens with zero attached hydrogens (tertiary/aromatic N) is 5. The minimum Gasteiger partial charge on any atom is -0.368 e. The fourth-order valence-electron chi connectivity index (χ4n) is 3.42. The quantitative estimate of drug-likeness (QED) is 0.693. The summed E-state index contributed by atoms with van der Waals surface area (Å²) in [7, 11) is 0. The van der Waals surface area contributed by atoms with Crippen molar-refractivity contribution in [3.8, 4) is 10.4 Å². The van der Waals surface area contributed by atoms with Gasteiger partial charge in [0.1, 0.15) is 0 Å². The lowest BCUT2D eigenvalue weighted by Crippen LogP contribution is -2.36. The third kappa shape index (κ3) is 4.22. The maximum Gasteiger partial charge on any atom is 0.261 e. The molecular weight excluding hydrogens is 372 g/mol. The SMILES string of the molecule is CC(C)Cn1cc(-c2ccc(C(=O)N[C@@H]3CCN(c4ccnnc4)C3)s2)cn1. The number of aromatic nitrogens is 4. The predicted octanol–water partition coefficient (Wildman–Crippen LogP) is 3.07. The average molecular weight is 397 g/mol. The molecule has 4 heterocycles. The molecule has 146 valence electrons. The van der Waals surface area contributed by atoms with Gasteiger partial charge in [0.2, 0.25) is 0 Å². The van der Waals surface area contributed by atoms with E-state index in [-0.39, 0.29) is 11.9 Å². The number of carbonyl (C=O) groups excluding carboxylic acids is 1. The molecule has 1 N–H and O–H groups in total. The second-order valence-corrected chi connectivity index (χ2v) is 8.60. The van der Waals surface area contributed by atoms with Crippen LogP contribution in [-0.2, 0) is 6.54 Å². The van der Waals surface area contributed by atoms with Gasteiger partial charge in [-0.05, 0) is 30.5 Å². The Bertz CT molecular complexity index is 935. The van der Waals surface area contributed by atoms with Gasteiger partial charge in [-0.3, -0.25) is 9.48 Å². The van der Waals surface area contributed by atoms with Gasteiger partial charge >= 0.3 is 0 Å². The molecule has 0 bridgehead atoms. The number of rotatable bonds is 6. The Labute approximate surface area is 168 Å². The number of carbonyl (C=O) groups is 1. The summed E-state index contributed by atoms with van der Waals surface area (Å²) in [6.07, 6.45) is 8.29. The van der Waals surface area contributed by atoms with E-state index >= 15 is 0 Å². The first kappa shape index (κ1) is 18.6. The van der Waals surface area contributed by atoms with E-state index in [4.69, 9.17) is 0 Å². The zero-order chi connectivity index (χ0) is 19.5. The predicted molar refractivity (Wildman–Crippen MR) is 110 cm³/mol. The van der Waals surface area contributed by atoms with E-state index < -0.39 is 0 Å². The van der Waals surface area contributed by atoms with Gasteiger partial charge in [-0.25, -0.2) is 0 Å². The summed E-state index contributed by atoms with van der Waals surface area (Å²) in [5, 5.41) is 15.3. The van der Waals surface area contributed by atoms with Crippen LogP contribution in [0.1, 0.15) is 29.9 Å². The summed E-state index contributed by atoms with van der Waals surface area (Å²) in [5.74, 6) is 0.539. The first-order chi connectivity index (χ1) is 13.6. The lowest BCUT2D eigenvalue weighted by molar-refractivity contribution is 0.0944. The van der Waals surface area contributed by atoms with Gasteiger partial charge < -0.3 is 10.2 Å². The number of nitrogens with one attached hydrogen (secondary N) is 1. The second kappa shape index (κ2) is 8.10. The van der Waals surface area contributed by atoms with E-state index in [0.717, 1.165) is 47.1 Å². The largest absolute Gasteiger partial charge is 0.368 e. The van der Waals surface area contributed by atoms with Crippen LogP contribution in [-0.4, -0.2) is 45.0 Å². The maximum absolute atomic E-state index is 12.7. The van der Waals surface area contributed by atoms with Crippen molar-refractivity contribution in [2.75, 3.05) is 18.0 Å². The third-order valence-electron chi connectivity index (χ3n) is 4.76. The zero-order valence-electron chi connectivity index (χ0n) is 16.1. The Morgan fingerprint density at radius 2 is 2.18 bits per heavy atom. The van der Waals surface area contributed by atoms with Crippen molar-refractivity contribution in [1.29, 1.82) is 0 Å². The topological polar surface area (TPSA) is 75.9 Å². The van der Waals surface area contributed by atoms with Crippen molar-refractivity contribution >= 4 is 22.9 Å². The summed E-state index contributed by atoms with van der Waals surface area (Å²) in [5.41, 5.74) is 2.10. The summed E-state index contributed by atoms with van der Waals surface area (Å²) >= 11 is 1.51. The van der Waals surface area contributed by atoms with Crippen LogP contribution in [0.15, 0.2) is 43.0 Å². The number of hydrogen-bond donors (Lipinski definition) is 1. The van der Waals surface area contributed by atoms with E-state index in [9.17, 15) is 4.79 Å². The van der Waals surface area contributed by atoms with Crippen molar-refractivity contribution in [3.05, 3.63) is 47.9 Å². The van der Waals surface area contributed by atoms with Crippen LogP contribution in [0.4, 0.5) is 5.69 Å². The van der Waals surface area contributed by atoms with Crippen LogP contribution < -0.4 is 10.2 Å². The molecule has 3 aromatic heterocycles. The molecule has 1 aliphatic heterocycles. The van der Waals surface area contributed by atoms with E-state index in [1.165, 1.54) is 11.3 Å². The molecule has 0 radical (unpaired) electrons. The number of anilines is 1. The highest BCUT2D eigenvalue weighted by molar-refractivity contribution is 7.17. The highest BCUT2D eigenvalue weighted by Gasteiger charge is 2.25. The van der Waals surface area contributed by atoms with Crippen LogP contribution >= 0.6 is 11.3 Å². The highest BCUT2D eigenvalue weighted by atomic mass is 32.1. The monoisotopic (exact) mass is 396 g/mol. The molecule has 1 aliphatic rings. The average Bonchev–Trinajstić information content (AvgIpc) is 3.42. The molecule has 1 fully saturated rings. The first-order valence-electron chi connectivity index (χ1n) is 9.53. The standard InChI is InChI=1S/C20H24N6OS/c1-14(2)11-26-12-15(9-23-26)18-3-4-19(28-18)20(27)24-16-6-8-25(13-16)17-5-7-21-22-10-17/h3-5,7,9-10,12,14,16H,6,8,11,13H2,1-2H3,(H,24,27)/t16-/m1/s1. The fraction of sp³-hybridized carbons (Fsp3) is 0.400. The molecule has 28 heavy (non-hydrogen) atoms. The molecule has 8 heteroatoms. The summed E-state index contributed by atoms with van der Waals surface area (Å²) < 4.78 is 1.96. The van der Waals surface area contributed by atoms with Gasteiger partial charge in [-0.2, -0.15) is 15.3 Å². The smallest absolute Gasteiger partial charge is 0.261 e. The normalized spacial score (nSPS) is 16.7. The minimum absolute atomic E-state index is 0.00877. The molecule has 0 aliphatic carbocycles. The number of amides is 1. The van der Waals surface area contributed by atoms with Crippen LogP contribution in [0.25, 0.3) is 10.4 Å². The van der Waals surface area contributed by atoms with E-state index in [0.29, 0.717) is 5.92 Å². The summed E-state index contributed by atoms with van der Waals surface area (Å²) in [6, 6.07) is 5.98. The van der Waals surface area contributed by atoms with Crippen molar-refractivity contribution in [2.45, 2.75) is 32.9 Å². The van der Waals surface area contributed by atoms with Crippen LogP contribution in [0.2, 0.25) is 0 Å². The Kier molecular flexibility index (Phi) is 5.38. The number of hydrogen-bond acceptors (Lipinski definition) is 6. The van der Waals surface area contributed by atoms with Crippen LogP contribution in [0.5, 0.6) is 0 Å². The molecule has 0 unspecified atom stereocenters. The Morgan fingerprint density at radius 1 is 1.29 bits per heavy atom. The van der Waals surface area contributed by atoms with Crippen molar-refractivity contribution < 1.29 is 4.79 Å². The lowest BCUT2D eigenvalue weighted by atomic mass is 10.2. The van der Waals surface area contributed by atoms with Gasteiger partial charge in [-0.1, -0.05) is 13.8 Å². The van der Waals surface area contributed by atoms with Gasteiger partial charge in [0.25, 0.3) is 5.91 Å². The van der Waals surface area contributed by atoms with E-state index in [1.807, 2.05) is 35.3 Å². The Hall–Kier alpha value is -2.74. The summed E-state index contributed by atoms with van der Waals surface area (Å²) in [6.45, 7) is 6.93. The molecule has 4 rings (SSSR count). The molecule has 0 saturated carbocycles. The van der Waals surface area contributed by atoms with E-state index in [1.54, 1.807) is 12.4 Å². The fourth-order valence-corrected chi connectivity index (χ4v) is 4.30. The Morgan fingerprint density at radius 3 is 2.96 bits per heavy atom. The van der Waals surface area contributed by atoms with Crippen molar-refractivity contribution in [3.63, 3.8) is 0 Å². The lowest BCUT2D eigenvalue weighted by Gasteiger charge is -2.18. The molecule has 3 aromatic rings. The molecule has 1 amide bonds. The van der Waals surface area contributed by atoms with Crippen LogP contribution in [0.3, 0.4) is 0 Å². The molecule has 0 aromatic carbocycles. The second-order valence-electron chi connectivity index (χ2n) is 7.51. The van der Waals surface area contributed by atoms with Gasteiger partial charge in [0.15, 0.2) is 0 Å². The third-order valence-corrected chi connectivity index (χ3v) is 5.89. The first-order valence-corrected chi connectivity index (χ1v) is 10.4. The zero-order valence-corrected chi connectivity index (χ0v) is 16.9. The van der Waals surface area contributed by atoms with Gasteiger partial charge in [-0.15, -0.1) is 11.3 Å². The van der Waals surface area contributed by atoms with Gasteiger partial charge in [0.05, 0.1) is 29.2 Å². The molecule has 1 atom stereocenters. The number of thiophene rings is 1. The van der Waals surface area contributed by atoms with Crippen molar-refractivity contribution in [2.24, 2.45) is 5.92 Å². The van der Waals surface area contributed by atoms with Crippen molar-refractivity contribution in [1.82, 2.24) is 25.3 Å². The minimum atomic E-state index is -0.00877. The molecule has 1 saturated heterocycles. The Balaban J connectivity index is 1.36. The highest BCUT2D eigenvalue weighted by Crippen LogP contribution is 2.28. The van der Waals surface area contributed by atoms with Crippen LogP contribution in [0, 0.1) is 5.92 Å². The molecular formula is C20H24N6OS. The summed E-state index contributed by atoms with van der Waals surface area (Å²) in [4.78, 5) is 16.7. The van der Waals surface area contributed by atoms with E-state index in [2.05, 4.69) is 39.4 Å².